The Morgan fingerprint density at radius 2 is 2.04 bits per heavy atom. The summed E-state index contributed by atoms with van der Waals surface area (Å²) in [6.07, 6.45) is 2.16. The molecule has 7 heteroatoms. The van der Waals surface area contributed by atoms with Crippen LogP contribution >= 0.6 is 0 Å². The molecular weight excluding hydrogens is 310 g/mol. The number of aromatic nitrogens is 2. The molecule has 1 aliphatic rings. The molecular formula is C17H19N3O4. The summed E-state index contributed by atoms with van der Waals surface area (Å²) in [6.45, 7) is 1.01. The van der Waals surface area contributed by atoms with Crippen LogP contribution in [0, 0.1) is 0 Å². The quantitative estimate of drug-likeness (QED) is 0.878. The lowest BCUT2D eigenvalue weighted by molar-refractivity contribution is 0.0676. The van der Waals surface area contributed by atoms with E-state index in [0.29, 0.717) is 12.2 Å². The summed E-state index contributed by atoms with van der Waals surface area (Å²) < 4.78 is 6.88. The summed E-state index contributed by atoms with van der Waals surface area (Å²) in [5.74, 6) is -1.00. The Morgan fingerprint density at radius 1 is 1.25 bits per heavy atom. The zero-order valence-corrected chi connectivity index (χ0v) is 13.2. The van der Waals surface area contributed by atoms with E-state index in [2.05, 4.69) is 10.3 Å². The second kappa shape index (κ2) is 7.16. The third-order valence-electron chi connectivity index (χ3n) is 4.00. The van der Waals surface area contributed by atoms with Gasteiger partial charge in [0.1, 0.15) is 6.61 Å². The van der Waals surface area contributed by atoms with Gasteiger partial charge in [-0.05, 0) is 24.8 Å². The van der Waals surface area contributed by atoms with Gasteiger partial charge in [-0.15, -0.1) is 0 Å². The van der Waals surface area contributed by atoms with Crippen molar-refractivity contribution in [2.45, 2.75) is 39.0 Å². The highest BCUT2D eigenvalue weighted by molar-refractivity contribution is 5.84. The van der Waals surface area contributed by atoms with Gasteiger partial charge >= 0.3 is 12.1 Å². The van der Waals surface area contributed by atoms with Crippen molar-refractivity contribution in [3.8, 4) is 0 Å². The van der Waals surface area contributed by atoms with E-state index in [1.807, 2.05) is 30.3 Å². The van der Waals surface area contributed by atoms with Crippen molar-refractivity contribution in [2.75, 3.05) is 0 Å². The van der Waals surface area contributed by atoms with Crippen LogP contribution in [0.25, 0.3) is 0 Å². The number of carbonyl (C=O) groups excluding carboxylic acids is 1. The van der Waals surface area contributed by atoms with Crippen molar-refractivity contribution in [1.82, 2.24) is 14.9 Å². The topological polar surface area (TPSA) is 93.5 Å². The van der Waals surface area contributed by atoms with E-state index in [-0.39, 0.29) is 19.0 Å². The number of rotatable bonds is 5. The van der Waals surface area contributed by atoms with E-state index in [0.717, 1.165) is 30.5 Å². The van der Waals surface area contributed by atoms with E-state index in [4.69, 9.17) is 4.74 Å². The van der Waals surface area contributed by atoms with Gasteiger partial charge in [-0.25, -0.2) is 14.6 Å². The number of alkyl carbamates (subject to hydrolysis) is 1. The lowest BCUT2D eigenvalue weighted by atomic mass is 10.1. The molecule has 0 bridgehead atoms. The summed E-state index contributed by atoms with van der Waals surface area (Å²) in [6, 6.07) is 9.39. The number of aromatic carboxylic acids is 1. The van der Waals surface area contributed by atoms with Gasteiger partial charge in [-0.2, -0.15) is 0 Å². The van der Waals surface area contributed by atoms with Crippen molar-refractivity contribution < 1.29 is 19.4 Å². The Balaban J connectivity index is 1.60. The van der Waals surface area contributed by atoms with E-state index in [9.17, 15) is 14.7 Å². The van der Waals surface area contributed by atoms with Crippen molar-refractivity contribution in [3.63, 3.8) is 0 Å². The van der Waals surface area contributed by atoms with Crippen LogP contribution in [-0.4, -0.2) is 26.7 Å². The molecule has 0 saturated carbocycles. The van der Waals surface area contributed by atoms with Crippen LogP contribution in [0.1, 0.15) is 40.4 Å². The van der Waals surface area contributed by atoms with Gasteiger partial charge in [0.25, 0.3) is 0 Å². The first-order valence-corrected chi connectivity index (χ1v) is 7.91. The Hall–Kier alpha value is -2.83. The minimum Gasteiger partial charge on any atom is -0.475 e. The maximum absolute atomic E-state index is 11.8. The third kappa shape index (κ3) is 3.56. The van der Waals surface area contributed by atoms with Crippen LogP contribution in [0.15, 0.2) is 30.3 Å². The molecule has 0 saturated heterocycles. The van der Waals surface area contributed by atoms with Crippen molar-refractivity contribution in [3.05, 3.63) is 53.1 Å². The summed E-state index contributed by atoms with van der Waals surface area (Å²) >= 11 is 0. The van der Waals surface area contributed by atoms with Crippen molar-refractivity contribution in [1.29, 1.82) is 0 Å². The Kier molecular flexibility index (Phi) is 4.79. The molecule has 0 radical (unpaired) electrons. The molecule has 0 aliphatic carbocycles. The second-order valence-electron chi connectivity index (χ2n) is 5.66. The number of imidazole rings is 1. The van der Waals surface area contributed by atoms with E-state index in [1.165, 1.54) is 0 Å². The zero-order valence-electron chi connectivity index (χ0n) is 13.2. The molecule has 0 spiro atoms. The predicted molar refractivity (Wildman–Crippen MR) is 85.6 cm³/mol. The summed E-state index contributed by atoms with van der Waals surface area (Å²) in [5.41, 5.74) is 2.39. The van der Waals surface area contributed by atoms with Crippen LogP contribution in [0.2, 0.25) is 0 Å². The zero-order chi connectivity index (χ0) is 16.9. The number of carboxylic acid groups (broad SMARTS) is 1. The number of benzene rings is 1. The van der Waals surface area contributed by atoms with Crippen molar-refractivity contribution >= 4 is 12.1 Å². The number of carboxylic acids is 1. The smallest absolute Gasteiger partial charge is 0.407 e. The summed E-state index contributed by atoms with van der Waals surface area (Å²) in [4.78, 5) is 27.3. The molecule has 24 heavy (non-hydrogen) atoms. The summed E-state index contributed by atoms with van der Waals surface area (Å²) in [5, 5.41) is 11.9. The highest BCUT2D eigenvalue weighted by Crippen LogP contribution is 2.21. The molecule has 1 amide bonds. The lowest BCUT2D eigenvalue weighted by Crippen LogP contribution is -2.24. The molecule has 2 aromatic rings. The first-order chi connectivity index (χ1) is 11.6. The molecule has 1 aromatic heterocycles. The van der Waals surface area contributed by atoms with Gasteiger partial charge in [0.2, 0.25) is 5.82 Å². The number of hydrogen-bond donors (Lipinski definition) is 2. The fraction of sp³-hybridized carbons (Fsp3) is 0.353. The first-order valence-electron chi connectivity index (χ1n) is 7.91. The molecule has 126 valence electrons. The number of ether oxygens (including phenoxy) is 1. The van der Waals surface area contributed by atoms with E-state index >= 15 is 0 Å². The average Bonchev–Trinajstić information content (AvgIpc) is 2.98. The molecule has 1 aliphatic heterocycles. The highest BCUT2D eigenvalue weighted by Gasteiger charge is 2.23. The molecule has 2 heterocycles. The summed E-state index contributed by atoms with van der Waals surface area (Å²) in [7, 11) is 0. The Bertz CT molecular complexity index is 740. The van der Waals surface area contributed by atoms with E-state index < -0.39 is 12.1 Å². The molecule has 0 unspecified atom stereocenters. The Labute approximate surface area is 139 Å². The van der Waals surface area contributed by atoms with Gasteiger partial charge < -0.3 is 19.7 Å². The minimum absolute atomic E-state index is 0.0409. The minimum atomic E-state index is -1.05. The Morgan fingerprint density at radius 3 is 2.79 bits per heavy atom. The maximum Gasteiger partial charge on any atom is 0.407 e. The monoisotopic (exact) mass is 329 g/mol. The number of nitrogens with one attached hydrogen (secondary N) is 1. The van der Waals surface area contributed by atoms with Gasteiger partial charge in [-0.3, -0.25) is 0 Å². The number of hydrogen-bond acceptors (Lipinski definition) is 4. The second-order valence-corrected chi connectivity index (χ2v) is 5.66. The molecule has 2 N–H and O–H groups in total. The largest absolute Gasteiger partial charge is 0.475 e. The number of fused-ring (bicyclic) bond motifs is 1. The normalized spacial score (nSPS) is 13.2. The van der Waals surface area contributed by atoms with Crippen molar-refractivity contribution in [2.24, 2.45) is 0 Å². The van der Waals surface area contributed by atoms with Gasteiger partial charge in [0.05, 0.1) is 12.2 Å². The fourth-order valence-corrected chi connectivity index (χ4v) is 2.85. The average molecular weight is 329 g/mol. The lowest BCUT2D eigenvalue weighted by Gasteiger charge is -2.16. The predicted octanol–water partition coefficient (Wildman–Crippen LogP) is 2.34. The molecule has 0 atom stereocenters. The molecule has 0 fully saturated rings. The highest BCUT2D eigenvalue weighted by atomic mass is 16.5. The standard InChI is InChI=1S/C17H19N3O4/c21-16(22)15-19-13(14-8-4-5-9-20(14)15)10-18-17(23)24-11-12-6-2-1-3-7-12/h1-3,6-7H,4-5,8-11H2,(H,18,23)(H,21,22). The fourth-order valence-electron chi connectivity index (χ4n) is 2.85. The van der Waals surface area contributed by atoms with Crippen LogP contribution in [-0.2, 0) is 30.9 Å². The molecule has 1 aromatic carbocycles. The first kappa shape index (κ1) is 16.0. The number of amides is 1. The van der Waals surface area contributed by atoms with Gasteiger partial charge in [0, 0.05) is 12.2 Å². The maximum atomic E-state index is 11.8. The van der Waals surface area contributed by atoms with E-state index in [1.54, 1.807) is 4.57 Å². The SMILES string of the molecule is O=C(NCc1nc(C(=O)O)n2c1CCCC2)OCc1ccccc1. The van der Waals surface area contributed by atoms with Crippen LogP contribution in [0.4, 0.5) is 4.79 Å². The van der Waals surface area contributed by atoms with Crippen LogP contribution in [0.5, 0.6) is 0 Å². The third-order valence-corrected chi connectivity index (χ3v) is 4.00. The number of nitrogens with zero attached hydrogens (tertiary/aromatic N) is 2. The van der Waals surface area contributed by atoms with Gasteiger partial charge in [-0.1, -0.05) is 30.3 Å². The van der Waals surface area contributed by atoms with Crippen LogP contribution in [0.3, 0.4) is 0 Å². The van der Waals surface area contributed by atoms with Gasteiger partial charge in [0.15, 0.2) is 0 Å². The molecule has 7 nitrogen and oxygen atoms in total. The van der Waals surface area contributed by atoms with Crippen LogP contribution < -0.4 is 5.32 Å². The number of carbonyl (C=O) groups is 2. The molecule has 3 rings (SSSR count).